The summed E-state index contributed by atoms with van der Waals surface area (Å²) in [6.07, 6.45) is -0.885. The molecule has 0 bridgehead atoms. The van der Waals surface area contributed by atoms with Gasteiger partial charge in [-0.05, 0) is 48.2 Å². The number of nitrogens with two attached hydrogens (primary N) is 1. The molecule has 1 unspecified atom stereocenters. The average Bonchev–Trinajstić information content (AvgIpc) is 2.56. The van der Waals surface area contributed by atoms with Gasteiger partial charge in [0.25, 0.3) is 5.91 Å². The molecular formula is C20H26ClFN2O2. The SMILES string of the molecule is Cc1ccc(N)cc1C(=O)N(CC(C)C)CC(O)c1ccc(F)cc1.Cl. The second kappa shape index (κ2) is 9.55. The zero-order chi connectivity index (χ0) is 18.6. The van der Waals surface area contributed by atoms with Gasteiger partial charge >= 0.3 is 0 Å². The number of amides is 1. The Balaban J connectivity index is 0.00000338. The Labute approximate surface area is 160 Å². The number of nitrogen functional groups attached to an aromatic ring is 1. The molecule has 0 fully saturated rings. The highest BCUT2D eigenvalue weighted by atomic mass is 35.5. The fourth-order valence-corrected chi connectivity index (χ4v) is 2.72. The molecule has 0 radical (unpaired) electrons. The molecule has 26 heavy (non-hydrogen) atoms. The lowest BCUT2D eigenvalue weighted by molar-refractivity contribution is 0.0594. The number of carbonyl (C=O) groups excluding carboxylic acids is 1. The van der Waals surface area contributed by atoms with Gasteiger partial charge in [0, 0.05) is 17.8 Å². The molecule has 1 amide bonds. The normalized spacial score (nSPS) is 11.8. The average molecular weight is 381 g/mol. The molecule has 6 heteroatoms. The summed E-state index contributed by atoms with van der Waals surface area (Å²) in [5.41, 5.74) is 8.29. The molecule has 2 aromatic rings. The summed E-state index contributed by atoms with van der Waals surface area (Å²) in [5.74, 6) is -0.285. The standard InChI is InChI=1S/C20H25FN2O2.ClH/c1-13(2)11-23(12-19(24)15-5-7-16(21)8-6-15)20(25)18-10-17(22)9-4-14(18)3;/h4-10,13,19,24H,11-12,22H2,1-3H3;1H. The van der Waals surface area contributed by atoms with Crippen LogP contribution < -0.4 is 5.73 Å². The van der Waals surface area contributed by atoms with E-state index in [-0.39, 0.29) is 36.6 Å². The van der Waals surface area contributed by atoms with E-state index >= 15 is 0 Å². The van der Waals surface area contributed by atoms with E-state index in [1.54, 1.807) is 17.0 Å². The van der Waals surface area contributed by atoms with E-state index in [0.717, 1.165) is 5.56 Å². The second-order valence-corrected chi connectivity index (χ2v) is 6.75. The Bertz CT molecular complexity index is 735. The Morgan fingerprint density at radius 2 is 1.77 bits per heavy atom. The van der Waals surface area contributed by atoms with Crippen molar-refractivity contribution in [2.24, 2.45) is 5.92 Å². The summed E-state index contributed by atoms with van der Waals surface area (Å²) in [6, 6.07) is 10.9. The number of hydrogen-bond acceptors (Lipinski definition) is 3. The molecule has 1 atom stereocenters. The third-order valence-corrected chi connectivity index (χ3v) is 4.01. The topological polar surface area (TPSA) is 66.6 Å². The minimum atomic E-state index is -0.885. The van der Waals surface area contributed by atoms with Gasteiger partial charge < -0.3 is 15.7 Å². The van der Waals surface area contributed by atoms with E-state index < -0.39 is 6.10 Å². The fourth-order valence-electron chi connectivity index (χ4n) is 2.72. The number of carbonyl (C=O) groups is 1. The molecule has 2 rings (SSSR count). The van der Waals surface area contributed by atoms with Gasteiger partial charge in [0.05, 0.1) is 12.6 Å². The molecule has 2 aromatic carbocycles. The number of aliphatic hydroxyl groups is 1. The fraction of sp³-hybridized carbons (Fsp3) is 0.350. The molecule has 4 nitrogen and oxygen atoms in total. The van der Waals surface area contributed by atoms with Gasteiger partial charge in [-0.25, -0.2) is 4.39 Å². The van der Waals surface area contributed by atoms with Gasteiger partial charge in [-0.15, -0.1) is 12.4 Å². The van der Waals surface area contributed by atoms with Gasteiger partial charge in [-0.1, -0.05) is 32.0 Å². The van der Waals surface area contributed by atoms with Gasteiger partial charge in [0.2, 0.25) is 0 Å². The van der Waals surface area contributed by atoms with Crippen LogP contribution in [0.5, 0.6) is 0 Å². The summed E-state index contributed by atoms with van der Waals surface area (Å²) < 4.78 is 13.1. The Morgan fingerprint density at radius 1 is 1.15 bits per heavy atom. The lowest BCUT2D eigenvalue weighted by Gasteiger charge is -2.28. The number of aryl methyl sites for hydroxylation is 1. The van der Waals surface area contributed by atoms with Crippen molar-refractivity contribution >= 4 is 24.0 Å². The maximum absolute atomic E-state index is 13.1. The third-order valence-electron chi connectivity index (χ3n) is 4.01. The maximum atomic E-state index is 13.1. The number of anilines is 1. The van der Waals surface area contributed by atoms with Crippen LogP contribution in [-0.2, 0) is 0 Å². The van der Waals surface area contributed by atoms with Crippen molar-refractivity contribution < 1.29 is 14.3 Å². The van der Waals surface area contributed by atoms with Crippen molar-refractivity contribution in [3.63, 3.8) is 0 Å². The van der Waals surface area contributed by atoms with Crippen LogP contribution >= 0.6 is 12.4 Å². The first-order valence-corrected chi connectivity index (χ1v) is 8.37. The van der Waals surface area contributed by atoms with E-state index in [1.165, 1.54) is 24.3 Å². The molecule has 0 saturated carbocycles. The van der Waals surface area contributed by atoms with Gasteiger partial charge in [0.1, 0.15) is 5.82 Å². The molecule has 0 saturated heterocycles. The third kappa shape index (κ3) is 5.71. The van der Waals surface area contributed by atoms with E-state index in [0.29, 0.717) is 23.4 Å². The molecule has 3 N–H and O–H groups in total. The van der Waals surface area contributed by atoms with Crippen LogP contribution in [0.4, 0.5) is 10.1 Å². The summed E-state index contributed by atoms with van der Waals surface area (Å²) >= 11 is 0. The first-order valence-electron chi connectivity index (χ1n) is 8.37. The number of nitrogens with zero attached hydrogens (tertiary/aromatic N) is 1. The number of aliphatic hydroxyl groups excluding tert-OH is 1. The summed E-state index contributed by atoms with van der Waals surface area (Å²) in [4.78, 5) is 14.6. The number of hydrogen-bond donors (Lipinski definition) is 2. The van der Waals surface area contributed by atoms with Crippen molar-refractivity contribution in [3.05, 3.63) is 65.0 Å². The van der Waals surface area contributed by atoms with Gasteiger partial charge in [-0.2, -0.15) is 0 Å². The number of halogens is 2. The lowest BCUT2D eigenvalue weighted by Crippen LogP contribution is -2.37. The van der Waals surface area contributed by atoms with Crippen LogP contribution in [-0.4, -0.2) is 29.0 Å². The molecule has 0 spiro atoms. The predicted octanol–water partition coefficient (Wildman–Crippen LogP) is 3.97. The molecule has 0 heterocycles. The van der Waals surface area contributed by atoms with E-state index in [2.05, 4.69) is 0 Å². The van der Waals surface area contributed by atoms with E-state index in [1.807, 2.05) is 26.8 Å². The lowest BCUT2D eigenvalue weighted by atomic mass is 10.0. The number of rotatable bonds is 6. The van der Waals surface area contributed by atoms with Crippen LogP contribution in [0.2, 0.25) is 0 Å². The Hall–Kier alpha value is -2.11. The van der Waals surface area contributed by atoms with Crippen molar-refractivity contribution in [3.8, 4) is 0 Å². The van der Waals surface area contributed by atoms with Gasteiger partial charge in [0.15, 0.2) is 0 Å². The Kier molecular flexibility index (Phi) is 8.06. The van der Waals surface area contributed by atoms with Crippen LogP contribution in [0.25, 0.3) is 0 Å². The minimum Gasteiger partial charge on any atom is -0.399 e. The van der Waals surface area contributed by atoms with Crippen LogP contribution in [0.1, 0.15) is 41.4 Å². The molecule has 0 aliphatic carbocycles. The monoisotopic (exact) mass is 380 g/mol. The van der Waals surface area contributed by atoms with Crippen molar-refractivity contribution in [1.29, 1.82) is 0 Å². The molecule has 0 aromatic heterocycles. The van der Waals surface area contributed by atoms with Crippen LogP contribution in [0.15, 0.2) is 42.5 Å². The summed E-state index contributed by atoms with van der Waals surface area (Å²) in [7, 11) is 0. The molecule has 142 valence electrons. The highest BCUT2D eigenvalue weighted by Gasteiger charge is 2.22. The maximum Gasteiger partial charge on any atom is 0.254 e. The first-order chi connectivity index (χ1) is 11.8. The van der Waals surface area contributed by atoms with E-state index in [4.69, 9.17) is 5.73 Å². The highest BCUT2D eigenvalue weighted by molar-refractivity contribution is 5.96. The van der Waals surface area contributed by atoms with E-state index in [9.17, 15) is 14.3 Å². The first kappa shape index (κ1) is 21.9. The molecule has 0 aliphatic heterocycles. The summed E-state index contributed by atoms with van der Waals surface area (Å²) in [5, 5.41) is 10.5. The quantitative estimate of drug-likeness (QED) is 0.745. The predicted molar refractivity (Wildman–Crippen MR) is 105 cm³/mol. The molecular weight excluding hydrogens is 355 g/mol. The zero-order valence-corrected chi connectivity index (χ0v) is 16.1. The van der Waals surface area contributed by atoms with Gasteiger partial charge in [-0.3, -0.25) is 4.79 Å². The molecule has 0 aliphatic rings. The van der Waals surface area contributed by atoms with Crippen molar-refractivity contribution in [1.82, 2.24) is 4.90 Å². The smallest absolute Gasteiger partial charge is 0.254 e. The second-order valence-electron chi connectivity index (χ2n) is 6.75. The number of benzene rings is 2. The van der Waals surface area contributed by atoms with Crippen molar-refractivity contribution in [2.45, 2.75) is 26.9 Å². The van der Waals surface area contributed by atoms with Crippen LogP contribution in [0, 0.1) is 18.7 Å². The minimum absolute atomic E-state index is 0. The zero-order valence-electron chi connectivity index (χ0n) is 15.3. The highest BCUT2D eigenvalue weighted by Crippen LogP contribution is 2.20. The largest absolute Gasteiger partial charge is 0.399 e. The summed E-state index contributed by atoms with van der Waals surface area (Å²) in [6.45, 7) is 6.52. The Morgan fingerprint density at radius 3 is 2.35 bits per heavy atom. The van der Waals surface area contributed by atoms with Crippen LogP contribution in [0.3, 0.4) is 0 Å². The van der Waals surface area contributed by atoms with Crippen molar-refractivity contribution in [2.75, 3.05) is 18.8 Å².